The minimum atomic E-state index is -0.784. The van der Waals surface area contributed by atoms with Crippen molar-refractivity contribution in [2.75, 3.05) is 13.1 Å². The number of halogens is 1. The molecule has 2 aromatic carbocycles. The number of hydrogen-bond donors (Lipinski definition) is 2. The second kappa shape index (κ2) is 6.63. The standard InChI is InChI=1S/C19H22FNOS/c1-13-3-5-18(23-17-6-4-15(20)12-14(17)2)16(11-13)19(22)7-9-21-10-8-19/h3-6,11-12,21-22H,7-10H2,1-2H3. The fraction of sp³-hybridized carbons (Fsp3) is 0.368. The van der Waals surface area contributed by atoms with Crippen molar-refractivity contribution in [1.29, 1.82) is 0 Å². The molecule has 0 atom stereocenters. The molecular weight excluding hydrogens is 309 g/mol. The van der Waals surface area contributed by atoms with Crippen molar-refractivity contribution in [2.45, 2.75) is 42.1 Å². The van der Waals surface area contributed by atoms with Crippen molar-refractivity contribution in [3.8, 4) is 0 Å². The molecule has 0 unspecified atom stereocenters. The lowest BCUT2D eigenvalue weighted by Gasteiger charge is -2.34. The maximum atomic E-state index is 13.3. The van der Waals surface area contributed by atoms with Gasteiger partial charge in [-0.25, -0.2) is 4.39 Å². The van der Waals surface area contributed by atoms with Gasteiger partial charge in [-0.05, 0) is 75.2 Å². The molecule has 1 saturated heterocycles. The van der Waals surface area contributed by atoms with E-state index >= 15 is 0 Å². The molecule has 0 saturated carbocycles. The average molecular weight is 331 g/mol. The van der Waals surface area contributed by atoms with Crippen LogP contribution >= 0.6 is 11.8 Å². The van der Waals surface area contributed by atoms with E-state index in [0.717, 1.165) is 39.6 Å². The zero-order valence-corrected chi connectivity index (χ0v) is 14.3. The maximum Gasteiger partial charge on any atom is 0.123 e. The number of piperidine rings is 1. The number of rotatable bonds is 3. The SMILES string of the molecule is Cc1ccc(Sc2ccc(F)cc2C)c(C2(O)CCNCC2)c1. The predicted octanol–water partition coefficient (Wildman–Crippen LogP) is 4.16. The normalized spacial score (nSPS) is 17.2. The summed E-state index contributed by atoms with van der Waals surface area (Å²) in [5.41, 5.74) is 2.27. The molecule has 2 N–H and O–H groups in total. The molecular formula is C19H22FNOS. The van der Waals surface area contributed by atoms with Crippen molar-refractivity contribution in [3.05, 3.63) is 58.9 Å². The molecule has 0 amide bonds. The summed E-state index contributed by atoms with van der Waals surface area (Å²) in [5, 5.41) is 14.4. The van der Waals surface area contributed by atoms with E-state index in [-0.39, 0.29) is 5.82 Å². The van der Waals surface area contributed by atoms with Gasteiger partial charge in [0, 0.05) is 9.79 Å². The maximum absolute atomic E-state index is 13.3. The highest BCUT2D eigenvalue weighted by molar-refractivity contribution is 7.99. The molecule has 23 heavy (non-hydrogen) atoms. The second-order valence-corrected chi connectivity index (χ2v) is 7.38. The molecule has 2 aromatic rings. The van der Waals surface area contributed by atoms with Crippen LogP contribution in [-0.2, 0) is 5.60 Å². The molecule has 0 bridgehead atoms. The molecule has 0 spiro atoms. The van der Waals surface area contributed by atoms with Crippen LogP contribution in [0.4, 0.5) is 4.39 Å². The van der Waals surface area contributed by atoms with Crippen LogP contribution in [0, 0.1) is 19.7 Å². The Balaban J connectivity index is 1.99. The molecule has 1 heterocycles. The lowest BCUT2D eigenvalue weighted by atomic mass is 9.84. The van der Waals surface area contributed by atoms with Gasteiger partial charge in [0.2, 0.25) is 0 Å². The van der Waals surface area contributed by atoms with Crippen molar-refractivity contribution in [3.63, 3.8) is 0 Å². The van der Waals surface area contributed by atoms with E-state index in [4.69, 9.17) is 0 Å². The Bertz CT molecular complexity index is 711. The summed E-state index contributed by atoms with van der Waals surface area (Å²) in [4.78, 5) is 2.07. The molecule has 1 aliphatic heterocycles. The second-order valence-electron chi connectivity index (χ2n) is 6.29. The van der Waals surface area contributed by atoms with Crippen molar-refractivity contribution < 1.29 is 9.50 Å². The number of benzene rings is 2. The Morgan fingerprint density at radius 2 is 1.74 bits per heavy atom. The summed E-state index contributed by atoms with van der Waals surface area (Å²) in [5.74, 6) is -0.215. The van der Waals surface area contributed by atoms with Gasteiger partial charge in [0.05, 0.1) is 5.60 Å². The van der Waals surface area contributed by atoms with Gasteiger partial charge in [0.15, 0.2) is 0 Å². The number of hydrogen-bond acceptors (Lipinski definition) is 3. The summed E-state index contributed by atoms with van der Waals surface area (Å²) in [6.45, 7) is 5.61. The van der Waals surface area contributed by atoms with Crippen LogP contribution in [0.3, 0.4) is 0 Å². The van der Waals surface area contributed by atoms with Gasteiger partial charge in [-0.15, -0.1) is 0 Å². The molecule has 3 rings (SSSR count). The average Bonchev–Trinajstić information content (AvgIpc) is 2.52. The largest absolute Gasteiger partial charge is 0.385 e. The summed E-state index contributed by atoms with van der Waals surface area (Å²) >= 11 is 1.60. The summed E-state index contributed by atoms with van der Waals surface area (Å²) in [6, 6.07) is 11.1. The minimum absolute atomic E-state index is 0.215. The van der Waals surface area contributed by atoms with E-state index in [1.807, 2.05) is 19.9 Å². The first kappa shape index (κ1) is 16.5. The molecule has 4 heteroatoms. The Hall–Kier alpha value is -1.36. The summed E-state index contributed by atoms with van der Waals surface area (Å²) in [7, 11) is 0. The first-order valence-corrected chi connectivity index (χ1v) is 8.78. The van der Waals surface area contributed by atoms with Crippen LogP contribution in [0.2, 0.25) is 0 Å². The van der Waals surface area contributed by atoms with Crippen molar-refractivity contribution in [1.82, 2.24) is 5.32 Å². The van der Waals surface area contributed by atoms with Gasteiger partial charge in [-0.3, -0.25) is 0 Å². The number of nitrogens with one attached hydrogen (secondary N) is 1. The highest BCUT2D eigenvalue weighted by Crippen LogP contribution is 2.41. The van der Waals surface area contributed by atoms with Crippen LogP contribution in [0.25, 0.3) is 0 Å². The van der Waals surface area contributed by atoms with Crippen LogP contribution < -0.4 is 5.32 Å². The Morgan fingerprint density at radius 3 is 2.43 bits per heavy atom. The smallest absolute Gasteiger partial charge is 0.123 e. The zero-order chi connectivity index (χ0) is 16.4. The van der Waals surface area contributed by atoms with Crippen molar-refractivity contribution in [2.24, 2.45) is 0 Å². The lowest BCUT2D eigenvalue weighted by molar-refractivity contribution is 0.00345. The zero-order valence-electron chi connectivity index (χ0n) is 13.5. The van der Waals surface area contributed by atoms with Gasteiger partial charge >= 0.3 is 0 Å². The first-order valence-electron chi connectivity index (χ1n) is 7.96. The minimum Gasteiger partial charge on any atom is -0.385 e. The Morgan fingerprint density at radius 1 is 1.04 bits per heavy atom. The topological polar surface area (TPSA) is 32.3 Å². The third-order valence-electron chi connectivity index (χ3n) is 4.42. The Labute approximate surface area is 141 Å². The fourth-order valence-electron chi connectivity index (χ4n) is 3.05. The molecule has 1 aliphatic rings. The van der Waals surface area contributed by atoms with Gasteiger partial charge in [0.1, 0.15) is 5.82 Å². The van der Waals surface area contributed by atoms with E-state index in [2.05, 4.69) is 23.5 Å². The molecule has 0 radical (unpaired) electrons. The molecule has 0 aromatic heterocycles. The van der Waals surface area contributed by atoms with Gasteiger partial charge in [0.25, 0.3) is 0 Å². The quantitative estimate of drug-likeness (QED) is 0.885. The van der Waals surface area contributed by atoms with Gasteiger partial charge in [-0.2, -0.15) is 0 Å². The monoisotopic (exact) mass is 331 g/mol. The Kier molecular flexibility index (Phi) is 4.76. The molecule has 0 aliphatic carbocycles. The molecule has 122 valence electrons. The van der Waals surface area contributed by atoms with Crippen LogP contribution in [-0.4, -0.2) is 18.2 Å². The van der Waals surface area contributed by atoms with Crippen LogP contribution in [0.1, 0.15) is 29.5 Å². The highest BCUT2D eigenvalue weighted by atomic mass is 32.2. The third-order valence-corrected chi connectivity index (χ3v) is 5.68. The van der Waals surface area contributed by atoms with Gasteiger partial charge < -0.3 is 10.4 Å². The van der Waals surface area contributed by atoms with E-state index in [0.29, 0.717) is 12.8 Å². The van der Waals surface area contributed by atoms with Crippen molar-refractivity contribution >= 4 is 11.8 Å². The third kappa shape index (κ3) is 3.60. The first-order chi connectivity index (χ1) is 11.0. The van der Waals surface area contributed by atoms with E-state index < -0.39 is 5.60 Å². The van der Waals surface area contributed by atoms with Gasteiger partial charge in [-0.1, -0.05) is 29.5 Å². The van der Waals surface area contributed by atoms with E-state index in [1.54, 1.807) is 17.8 Å². The summed E-state index contributed by atoms with van der Waals surface area (Å²) in [6.07, 6.45) is 1.43. The lowest BCUT2D eigenvalue weighted by Crippen LogP contribution is -2.40. The molecule has 2 nitrogen and oxygen atoms in total. The number of aryl methyl sites for hydroxylation is 2. The van der Waals surface area contributed by atoms with E-state index in [9.17, 15) is 9.50 Å². The molecule has 1 fully saturated rings. The van der Waals surface area contributed by atoms with Crippen LogP contribution in [0.15, 0.2) is 46.2 Å². The fourth-order valence-corrected chi connectivity index (χ4v) is 4.14. The number of aliphatic hydroxyl groups is 1. The predicted molar refractivity (Wildman–Crippen MR) is 92.4 cm³/mol. The summed E-state index contributed by atoms with van der Waals surface area (Å²) < 4.78 is 13.3. The van der Waals surface area contributed by atoms with Crippen LogP contribution in [0.5, 0.6) is 0 Å². The highest BCUT2D eigenvalue weighted by Gasteiger charge is 2.33. The van der Waals surface area contributed by atoms with E-state index in [1.165, 1.54) is 6.07 Å².